The molecule has 0 aromatic carbocycles. The van der Waals surface area contributed by atoms with Gasteiger partial charge in [-0.2, -0.15) is 8.42 Å². The van der Waals surface area contributed by atoms with E-state index in [1.807, 2.05) is 0 Å². The third-order valence-corrected chi connectivity index (χ3v) is 5.71. The first kappa shape index (κ1) is 10.4. The maximum atomic E-state index is 11.0. The molecule has 0 spiro atoms. The number of fused-ring (bicyclic) bond motifs is 2. The summed E-state index contributed by atoms with van der Waals surface area (Å²) >= 11 is 0. The molecule has 0 aliphatic heterocycles. The molecule has 2 saturated carbocycles. The molecule has 82 valence electrons. The fourth-order valence-electron chi connectivity index (χ4n) is 3.65. The van der Waals surface area contributed by atoms with Gasteiger partial charge >= 0.3 is 0 Å². The predicted molar refractivity (Wildman–Crippen MR) is 54.6 cm³/mol. The Kier molecular flexibility index (Phi) is 2.03. The van der Waals surface area contributed by atoms with Gasteiger partial charge in [-0.25, -0.2) is 0 Å². The van der Waals surface area contributed by atoms with Crippen LogP contribution in [0, 0.1) is 16.7 Å². The van der Waals surface area contributed by atoms with Gasteiger partial charge < -0.3 is 0 Å². The maximum Gasteiger partial charge on any atom is 0.265 e. The Bertz CT molecular complexity index is 334. The molecule has 2 bridgehead atoms. The lowest BCUT2D eigenvalue weighted by molar-refractivity contribution is 0.153. The average molecular weight is 218 g/mol. The van der Waals surface area contributed by atoms with E-state index in [1.165, 1.54) is 0 Å². The van der Waals surface area contributed by atoms with Crippen LogP contribution in [0.2, 0.25) is 0 Å². The van der Waals surface area contributed by atoms with Gasteiger partial charge in [0.15, 0.2) is 0 Å². The first-order valence-electron chi connectivity index (χ1n) is 5.22. The molecular formula is C10H18O3S. The third-order valence-electron chi connectivity index (χ3n) is 4.79. The molecule has 2 rings (SSSR count). The highest BCUT2D eigenvalue weighted by Crippen LogP contribution is 2.65. The van der Waals surface area contributed by atoms with Crippen LogP contribution >= 0.6 is 0 Å². The summed E-state index contributed by atoms with van der Waals surface area (Å²) in [7, 11) is -3.82. The van der Waals surface area contributed by atoms with E-state index in [-0.39, 0.29) is 16.6 Å². The minimum absolute atomic E-state index is 0.0382. The lowest BCUT2D eigenvalue weighted by Gasteiger charge is -2.37. The van der Waals surface area contributed by atoms with Crippen molar-refractivity contribution in [3.63, 3.8) is 0 Å². The Morgan fingerprint density at radius 2 is 1.79 bits per heavy atom. The number of rotatable bonds is 2. The molecule has 0 heterocycles. The second-order valence-electron chi connectivity index (χ2n) is 5.50. The lowest BCUT2D eigenvalue weighted by Crippen LogP contribution is -2.36. The van der Waals surface area contributed by atoms with E-state index in [1.54, 1.807) is 0 Å². The molecule has 2 aliphatic rings. The van der Waals surface area contributed by atoms with Crippen molar-refractivity contribution in [2.75, 3.05) is 5.75 Å². The van der Waals surface area contributed by atoms with Crippen LogP contribution in [0.3, 0.4) is 0 Å². The fraction of sp³-hybridized carbons (Fsp3) is 1.00. The first-order valence-corrected chi connectivity index (χ1v) is 6.83. The molecule has 4 heteroatoms. The van der Waals surface area contributed by atoms with Crippen LogP contribution in [-0.2, 0) is 10.1 Å². The minimum Gasteiger partial charge on any atom is -0.286 e. The number of hydrogen-bond acceptors (Lipinski definition) is 2. The third kappa shape index (κ3) is 1.31. The average Bonchev–Trinajstić information content (AvgIpc) is 2.34. The summed E-state index contributed by atoms with van der Waals surface area (Å²) in [6.07, 6.45) is 4.18. The Hall–Kier alpha value is -0.0900. The van der Waals surface area contributed by atoms with Crippen LogP contribution in [0.15, 0.2) is 0 Å². The van der Waals surface area contributed by atoms with Gasteiger partial charge in [0.2, 0.25) is 0 Å². The quantitative estimate of drug-likeness (QED) is 0.722. The van der Waals surface area contributed by atoms with Crippen molar-refractivity contribution in [3.8, 4) is 0 Å². The molecule has 1 N–H and O–H groups in total. The molecule has 0 amide bonds. The van der Waals surface area contributed by atoms with E-state index < -0.39 is 10.1 Å². The molecule has 0 radical (unpaired) electrons. The van der Waals surface area contributed by atoms with Crippen LogP contribution < -0.4 is 0 Å². The molecular weight excluding hydrogens is 200 g/mol. The summed E-state index contributed by atoms with van der Waals surface area (Å²) in [6.45, 7) is 4.31. The standard InChI is InChI=1S/C10H18O3S/c1-9(2)8-3-5-10(9,6-4-8)7-14(11,12)13/h8H,3-7H2,1-2H3,(H,11,12,13). The number of hydrogen-bond donors (Lipinski definition) is 1. The second kappa shape index (κ2) is 2.73. The summed E-state index contributed by atoms with van der Waals surface area (Å²) < 4.78 is 31.0. The molecule has 0 unspecified atom stereocenters. The summed E-state index contributed by atoms with van der Waals surface area (Å²) in [5.41, 5.74) is -0.0615. The lowest BCUT2D eigenvalue weighted by atomic mass is 9.71. The molecule has 0 aromatic heterocycles. The molecule has 3 nitrogen and oxygen atoms in total. The summed E-state index contributed by atoms with van der Waals surface area (Å²) in [6, 6.07) is 0. The van der Waals surface area contributed by atoms with Gasteiger partial charge in [0.1, 0.15) is 0 Å². The Morgan fingerprint density at radius 3 is 2.07 bits per heavy atom. The van der Waals surface area contributed by atoms with Gasteiger partial charge in [-0.05, 0) is 42.4 Å². The molecule has 2 fully saturated rings. The monoisotopic (exact) mass is 218 g/mol. The van der Waals surface area contributed by atoms with Crippen LogP contribution in [0.5, 0.6) is 0 Å². The smallest absolute Gasteiger partial charge is 0.265 e. The predicted octanol–water partition coefficient (Wildman–Crippen LogP) is 2.09. The highest BCUT2D eigenvalue weighted by atomic mass is 32.2. The fourth-order valence-corrected chi connectivity index (χ4v) is 5.01. The summed E-state index contributed by atoms with van der Waals surface area (Å²) in [5, 5.41) is 0. The van der Waals surface area contributed by atoms with Crippen molar-refractivity contribution in [3.05, 3.63) is 0 Å². The highest BCUT2D eigenvalue weighted by molar-refractivity contribution is 7.85. The van der Waals surface area contributed by atoms with Crippen molar-refractivity contribution in [1.29, 1.82) is 0 Å². The van der Waals surface area contributed by atoms with Gasteiger partial charge in [0.25, 0.3) is 10.1 Å². The largest absolute Gasteiger partial charge is 0.286 e. The molecule has 2 aliphatic carbocycles. The SMILES string of the molecule is CC1(C)C2CCC1(CS(=O)(=O)O)CC2. The van der Waals surface area contributed by atoms with Gasteiger partial charge in [-0.3, -0.25) is 4.55 Å². The van der Waals surface area contributed by atoms with Crippen molar-refractivity contribution in [1.82, 2.24) is 0 Å². The topological polar surface area (TPSA) is 54.4 Å². The van der Waals surface area contributed by atoms with E-state index in [4.69, 9.17) is 4.55 Å². The zero-order chi connectivity index (χ0) is 10.6. The second-order valence-corrected chi connectivity index (χ2v) is 6.96. The van der Waals surface area contributed by atoms with Gasteiger partial charge in [0.05, 0.1) is 5.75 Å². The van der Waals surface area contributed by atoms with Gasteiger partial charge in [-0.1, -0.05) is 13.8 Å². The maximum absolute atomic E-state index is 11.0. The van der Waals surface area contributed by atoms with E-state index in [0.717, 1.165) is 25.7 Å². The van der Waals surface area contributed by atoms with Gasteiger partial charge in [-0.15, -0.1) is 0 Å². The highest BCUT2D eigenvalue weighted by Gasteiger charge is 2.59. The van der Waals surface area contributed by atoms with Crippen LogP contribution in [0.1, 0.15) is 39.5 Å². The van der Waals surface area contributed by atoms with Gasteiger partial charge in [0, 0.05) is 0 Å². The van der Waals surface area contributed by atoms with Crippen molar-refractivity contribution >= 4 is 10.1 Å². The van der Waals surface area contributed by atoms with Crippen LogP contribution in [-0.4, -0.2) is 18.7 Å². The zero-order valence-corrected chi connectivity index (χ0v) is 9.60. The van der Waals surface area contributed by atoms with Crippen molar-refractivity contribution in [2.24, 2.45) is 16.7 Å². The zero-order valence-electron chi connectivity index (χ0n) is 8.78. The molecule has 0 aromatic rings. The summed E-state index contributed by atoms with van der Waals surface area (Å²) in [5.74, 6) is 0.619. The molecule has 0 atom stereocenters. The normalized spacial score (nSPS) is 40.4. The van der Waals surface area contributed by atoms with E-state index in [0.29, 0.717) is 5.92 Å². The Morgan fingerprint density at radius 1 is 1.29 bits per heavy atom. The first-order chi connectivity index (χ1) is 6.27. The van der Waals surface area contributed by atoms with E-state index in [2.05, 4.69) is 13.8 Å². The van der Waals surface area contributed by atoms with E-state index >= 15 is 0 Å². The Balaban J connectivity index is 2.32. The summed E-state index contributed by atoms with van der Waals surface area (Å²) in [4.78, 5) is 0. The van der Waals surface area contributed by atoms with Crippen molar-refractivity contribution in [2.45, 2.75) is 39.5 Å². The molecule has 14 heavy (non-hydrogen) atoms. The minimum atomic E-state index is -3.82. The van der Waals surface area contributed by atoms with Crippen molar-refractivity contribution < 1.29 is 13.0 Å². The van der Waals surface area contributed by atoms with Crippen LogP contribution in [0.25, 0.3) is 0 Å². The van der Waals surface area contributed by atoms with Crippen LogP contribution in [0.4, 0.5) is 0 Å². The molecule has 0 saturated heterocycles. The Labute approximate surface area is 85.6 Å². The van der Waals surface area contributed by atoms with E-state index in [9.17, 15) is 8.42 Å².